The third-order valence-electron chi connectivity index (χ3n) is 10.1. The van der Waals surface area contributed by atoms with Gasteiger partial charge in [0, 0.05) is 12.8 Å². The Morgan fingerprint density at radius 2 is 1.82 bits per heavy atom. The van der Waals surface area contributed by atoms with E-state index in [0.29, 0.717) is 17.6 Å². The molecule has 158 valence electrons. The number of fused-ring (bicyclic) bond motifs is 5. The highest BCUT2D eigenvalue weighted by molar-refractivity contribution is 5.82. The van der Waals surface area contributed by atoms with Crippen molar-refractivity contribution in [2.75, 3.05) is 0 Å². The molecule has 4 aliphatic carbocycles. The van der Waals surface area contributed by atoms with E-state index in [1.165, 1.54) is 57.8 Å². The predicted molar refractivity (Wildman–Crippen MR) is 118 cm³/mol. The zero-order valence-corrected chi connectivity index (χ0v) is 19.2. The van der Waals surface area contributed by atoms with E-state index < -0.39 is 0 Å². The molecule has 0 unspecified atom stereocenters. The maximum absolute atomic E-state index is 12.3. The average Bonchev–Trinajstić information content (AvgIpc) is 2.98. The highest BCUT2D eigenvalue weighted by Gasteiger charge is 2.59. The lowest BCUT2D eigenvalue weighted by Gasteiger charge is -2.58. The molecule has 0 bridgehead atoms. The van der Waals surface area contributed by atoms with Crippen LogP contribution < -0.4 is 0 Å². The second-order valence-electron chi connectivity index (χ2n) is 12.0. The SMILES string of the molecule is CC(C)CCC[C@@H](C)[C@H]1CC[C@H]2[C@@H]3CCC4=CCC(=O)C[C@]4(C)[C@H]3CC[C@]12C. The van der Waals surface area contributed by atoms with Gasteiger partial charge in [0.2, 0.25) is 0 Å². The van der Waals surface area contributed by atoms with Crippen molar-refractivity contribution in [3.05, 3.63) is 11.6 Å². The average molecular weight is 385 g/mol. The van der Waals surface area contributed by atoms with Crippen molar-refractivity contribution >= 4 is 5.78 Å². The van der Waals surface area contributed by atoms with Gasteiger partial charge in [-0.3, -0.25) is 4.79 Å². The maximum Gasteiger partial charge on any atom is 0.137 e. The second-order valence-corrected chi connectivity index (χ2v) is 12.0. The zero-order chi connectivity index (χ0) is 20.1. The molecule has 0 aliphatic heterocycles. The van der Waals surface area contributed by atoms with E-state index in [2.05, 4.69) is 40.7 Å². The van der Waals surface area contributed by atoms with Crippen LogP contribution in [0.25, 0.3) is 0 Å². The molecule has 0 radical (unpaired) electrons. The molecule has 1 heteroatoms. The monoisotopic (exact) mass is 384 g/mol. The fraction of sp³-hybridized carbons (Fsp3) is 0.889. The molecule has 0 heterocycles. The first-order valence-electron chi connectivity index (χ1n) is 12.5. The van der Waals surface area contributed by atoms with Gasteiger partial charge in [-0.1, -0.05) is 65.5 Å². The van der Waals surface area contributed by atoms with Crippen LogP contribution in [-0.4, -0.2) is 5.78 Å². The molecule has 1 nitrogen and oxygen atoms in total. The minimum atomic E-state index is 0.195. The van der Waals surface area contributed by atoms with Gasteiger partial charge >= 0.3 is 0 Å². The van der Waals surface area contributed by atoms with Gasteiger partial charge < -0.3 is 0 Å². The van der Waals surface area contributed by atoms with Gasteiger partial charge in [-0.15, -0.1) is 0 Å². The van der Waals surface area contributed by atoms with E-state index in [9.17, 15) is 4.79 Å². The lowest BCUT2D eigenvalue weighted by atomic mass is 9.46. The van der Waals surface area contributed by atoms with Gasteiger partial charge in [0.25, 0.3) is 0 Å². The molecule has 0 amide bonds. The highest BCUT2D eigenvalue weighted by Crippen LogP contribution is 2.67. The largest absolute Gasteiger partial charge is 0.299 e. The summed E-state index contributed by atoms with van der Waals surface area (Å²) in [7, 11) is 0. The van der Waals surface area contributed by atoms with Crippen LogP contribution in [0.5, 0.6) is 0 Å². The summed E-state index contributed by atoms with van der Waals surface area (Å²) < 4.78 is 0. The number of hydrogen-bond donors (Lipinski definition) is 0. The summed E-state index contributed by atoms with van der Waals surface area (Å²) in [5.41, 5.74) is 2.41. The molecule has 7 atom stereocenters. The van der Waals surface area contributed by atoms with Crippen molar-refractivity contribution in [1.29, 1.82) is 0 Å². The summed E-state index contributed by atoms with van der Waals surface area (Å²) in [5.74, 6) is 5.71. The fourth-order valence-electron chi connectivity index (χ4n) is 8.65. The Bertz CT molecular complexity index is 630. The summed E-state index contributed by atoms with van der Waals surface area (Å²) in [4.78, 5) is 12.3. The van der Waals surface area contributed by atoms with E-state index in [1.54, 1.807) is 5.57 Å². The van der Waals surface area contributed by atoms with Crippen molar-refractivity contribution in [1.82, 2.24) is 0 Å². The Labute approximate surface area is 174 Å². The summed E-state index contributed by atoms with van der Waals surface area (Å²) >= 11 is 0. The molecule has 0 saturated heterocycles. The van der Waals surface area contributed by atoms with Crippen molar-refractivity contribution in [3.63, 3.8) is 0 Å². The van der Waals surface area contributed by atoms with Crippen LogP contribution >= 0.6 is 0 Å². The number of Topliss-reactive ketones (excluding diaryl/α,β-unsaturated/α-hetero) is 1. The standard InChI is InChI=1S/C27H44O/c1-18(2)7-6-8-19(3)23-13-14-24-22-12-10-20-9-11-21(28)17-27(20,5)25(22)15-16-26(23,24)4/h9,18-19,22-25H,6-8,10-17H2,1-5H3/t19-,22+,23-,24+,25+,26-,27+/m1/s1. The van der Waals surface area contributed by atoms with Gasteiger partial charge in [0.05, 0.1) is 0 Å². The summed E-state index contributed by atoms with van der Waals surface area (Å²) in [6.07, 6.45) is 16.5. The van der Waals surface area contributed by atoms with Crippen LogP contribution in [0.2, 0.25) is 0 Å². The van der Waals surface area contributed by atoms with Gasteiger partial charge in [-0.25, -0.2) is 0 Å². The number of ketones is 1. The molecule has 0 aromatic heterocycles. The fourth-order valence-corrected chi connectivity index (χ4v) is 8.65. The van der Waals surface area contributed by atoms with Crippen molar-refractivity contribution in [3.8, 4) is 0 Å². The third-order valence-corrected chi connectivity index (χ3v) is 10.1. The van der Waals surface area contributed by atoms with Crippen molar-refractivity contribution in [2.24, 2.45) is 46.3 Å². The minimum absolute atomic E-state index is 0.195. The number of allylic oxidation sites excluding steroid dienone is 2. The molecular formula is C27H44O. The summed E-state index contributed by atoms with van der Waals surface area (Å²) in [6, 6.07) is 0. The Morgan fingerprint density at radius 1 is 1.04 bits per heavy atom. The van der Waals surface area contributed by atoms with Crippen LogP contribution in [0.1, 0.15) is 105 Å². The molecular weight excluding hydrogens is 340 g/mol. The summed E-state index contributed by atoms with van der Waals surface area (Å²) in [5, 5.41) is 0. The first kappa shape index (κ1) is 20.7. The Hall–Kier alpha value is -0.590. The van der Waals surface area contributed by atoms with E-state index in [1.807, 2.05) is 0 Å². The topological polar surface area (TPSA) is 17.1 Å². The van der Waals surface area contributed by atoms with E-state index in [-0.39, 0.29) is 5.41 Å². The molecule has 3 fully saturated rings. The lowest BCUT2D eigenvalue weighted by Crippen LogP contribution is -2.51. The molecule has 0 aromatic carbocycles. The van der Waals surface area contributed by atoms with Crippen molar-refractivity contribution in [2.45, 2.75) is 105 Å². The summed E-state index contributed by atoms with van der Waals surface area (Å²) in [6.45, 7) is 12.4. The van der Waals surface area contributed by atoms with E-state index in [0.717, 1.165) is 41.9 Å². The van der Waals surface area contributed by atoms with E-state index in [4.69, 9.17) is 0 Å². The molecule has 4 rings (SSSR count). The van der Waals surface area contributed by atoms with Gasteiger partial charge in [-0.05, 0) is 84.9 Å². The Kier molecular flexibility index (Phi) is 5.60. The molecule has 28 heavy (non-hydrogen) atoms. The molecule has 4 aliphatic rings. The number of carbonyl (C=O) groups is 1. The quantitative estimate of drug-likeness (QED) is 0.446. The minimum Gasteiger partial charge on any atom is -0.299 e. The lowest BCUT2D eigenvalue weighted by molar-refractivity contribution is -0.124. The molecule has 0 N–H and O–H groups in total. The van der Waals surface area contributed by atoms with Gasteiger partial charge in [0.1, 0.15) is 5.78 Å². The third kappa shape index (κ3) is 3.33. The number of carbonyl (C=O) groups excluding carboxylic acids is 1. The van der Waals surface area contributed by atoms with Crippen LogP contribution in [0.4, 0.5) is 0 Å². The van der Waals surface area contributed by atoms with E-state index >= 15 is 0 Å². The predicted octanol–water partition coefficient (Wildman–Crippen LogP) is 7.60. The Morgan fingerprint density at radius 3 is 2.57 bits per heavy atom. The number of rotatable bonds is 5. The van der Waals surface area contributed by atoms with Gasteiger partial charge in [0.15, 0.2) is 0 Å². The van der Waals surface area contributed by atoms with Crippen LogP contribution in [0, 0.1) is 46.3 Å². The van der Waals surface area contributed by atoms with Crippen molar-refractivity contribution < 1.29 is 4.79 Å². The number of hydrogen-bond acceptors (Lipinski definition) is 1. The normalized spacial score (nSPS) is 43.9. The first-order valence-corrected chi connectivity index (χ1v) is 12.5. The smallest absolute Gasteiger partial charge is 0.137 e. The maximum atomic E-state index is 12.3. The second kappa shape index (κ2) is 7.59. The zero-order valence-electron chi connectivity index (χ0n) is 19.2. The molecule has 0 aromatic rings. The van der Waals surface area contributed by atoms with Crippen LogP contribution in [0.3, 0.4) is 0 Å². The van der Waals surface area contributed by atoms with Crippen LogP contribution in [-0.2, 0) is 4.79 Å². The van der Waals surface area contributed by atoms with Crippen LogP contribution in [0.15, 0.2) is 11.6 Å². The molecule has 0 spiro atoms. The molecule has 3 saturated carbocycles. The van der Waals surface area contributed by atoms with Gasteiger partial charge in [-0.2, -0.15) is 0 Å². The Balaban J connectivity index is 1.50. The highest BCUT2D eigenvalue weighted by atomic mass is 16.1. The first-order chi connectivity index (χ1) is 13.3.